The molecule has 20 heavy (non-hydrogen) atoms. The van der Waals surface area contributed by atoms with Gasteiger partial charge < -0.3 is 0 Å². The summed E-state index contributed by atoms with van der Waals surface area (Å²) in [6, 6.07) is 7.57. The third-order valence-corrected chi connectivity index (χ3v) is 4.34. The molecule has 0 aliphatic carbocycles. The van der Waals surface area contributed by atoms with Crippen LogP contribution in [0.15, 0.2) is 28.7 Å². The highest BCUT2D eigenvalue weighted by Crippen LogP contribution is 2.28. The van der Waals surface area contributed by atoms with E-state index in [0.29, 0.717) is 10.8 Å². The number of fused-ring (bicyclic) bond motifs is 1. The normalized spacial score (nSPS) is 10.9. The quantitative estimate of drug-likeness (QED) is 0.770. The number of hydrogen-bond acceptors (Lipinski definition) is 4. The highest BCUT2D eigenvalue weighted by molar-refractivity contribution is 9.10. The Balaban J connectivity index is 1.87. The number of thiazole rings is 1. The first kappa shape index (κ1) is 13.3. The highest BCUT2D eigenvalue weighted by atomic mass is 79.9. The number of aromatic nitrogens is 3. The van der Waals surface area contributed by atoms with Gasteiger partial charge in [0.1, 0.15) is 0 Å². The first-order valence-corrected chi connectivity index (χ1v) is 7.52. The van der Waals surface area contributed by atoms with Crippen molar-refractivity contribution in [2.45, 2.75) is 6.92 Å². The van der Waals surface area contributed by atoms with E-state index in [1.807, 2.05) is 25.1 Å². The smallest absolute Gasteiger partial charge is 0.277 e. The number of nitrogens with one attached hydrogen (secondary N) is 1. The molecule has 0 saturated heterocycles. The van der Waals surface area contributed by atoms with Crippen LogP contribution in [0, 0.1) is 6.92 Å². The number of carbonyl (C=O) groups excluding carboxylic acids is 1. The molecule has 0 unspecified atom stereocenters. The lowest BCUT2D eigenvalue weighted by Crippen LogP contribution is -2.12. The maximum Gasteiger partial charge on any atom is 0.277 e. The number of anilines is 1. The maximum atomic E-state index is 12.1. The maximum absolute atomic E-state index is 12.1. The van der Waals surface area contributed by atoms with Gasteiger partial charge in [-0.3, -0.25) is 14.8 Å². The number of nitrogens with zero attached hydrogens (tertiary/aromatic N) is 3. The van der Waals surface area contributed by atoms with Crippen LogP contribution in [0.25, 0.3) is 10.2 Å². The summed E-state index contributed by atoms with van der Waals surface area (Å²) >= 11 is 4.86. The van der Waals surface area contributed by atoms with Crippen LogP contribution in [0.5, 0.6) is 0 Å². The second-order valence-electron chi connectivity index (χ2n) is 4.38. The van der Waals surface area contributed by atoms with E-state index in [2.05, 4.69) is 31.3 Å². The van der Waals surface area contributed by atoms with Gasteiger partial charge in [-0.15, -0.1) is 0 Å². The minimum atomic E-state index is -0.244. The Kier molecular flexibility index (Phi) is 3.31. The third-order valence-electron chi connectivity index (χ3n) is 2.92. The van der Waals surface area contributed by atoms with Crippen molar-refractivity contribution in [2.24, 2.45) is 7.05 Å². The Morgan fingerprint density at radius 3 is 2.90 bits per heavy atom. The summed E-state index contributed by atoms with van der Waals surface area (Å²) in [4.78, 5) is 16.5. The van der Waals surface area contributed by atoms with Gasteiger partial charge in [0, 0.05) is 17.2 Å². The van der Waals surface area contributed by atoms with E-state index in [9.17, 15) is 4.79 Å². The molecule has 0 bridgehead atoms. The molecule has 0 aliphatic heterocycles. The van der Waals surface area contributed by atoms with Gasteiger partial charge in [0.2, 0.25) is 0 Å². The topological polar surface area (TPSA) is 59.8 Å². The van der Waals surface area contributed by atoms with Crippen molar-refractivity contribution < 1.29 is 4.79 Å². The van der Waals surface area contributed by atoms with Crippen LogP contribution < -0.4 is 5.32 Å². The molecule has 0 aliphatic rings. The van der Waals surface area contributed by atoms with Crippen molar-refractivity contribution in [1.82, 2.24) is 14.8 Å². The predicted octanol–water partition coefficient (Wildman–Crippen LogP) is 3.35. The molecule has 1 aromatic carbocycles. The fraction of sp³-hybridized carbons (Fsp3) is 0.154. The van der Waals surface area contributed by atoms with Crippen molar-refractivity contribution in [3.05, 3.63) is 40.1 Å². The van der Waals surface area contributed by atoms with Crippen molar-refractivity contribution in [3.8, 4) is 0 Å². The minimum absolute atomic E-state index is 0.244. The van der Waals surface area contributed by atoms with Gasteiger partial charge in [0.05, 0.1) is 10.2 Å². The monoisotopic (exact) mass is 350 g/mol. The molecule has 1 amide bonds. The molecule has 1 N–H and O–H groups in total. The van der Waals surface area contributed by atoms with Gasteiger partial charge >= 0.3 is 0 Å². The van der Waals surface area contributed by atoms with Gasteiger partial charge in [0.25, 0.3) is 5.91 Å². The molecule has 0 radical (unpaired) electrons. The number of benzene rings is 1. The van der Waals surface area contributed by atoms with Gasteiger partial charge in [-0.25, -0.2) is 4.98 Å². The number of aryl methyl sites for hydroxylation is 2. The summed E-state index contributed by atoms with van der Waals surface area (Å²) in [5.74, 6) is -0.244. The Labute approximate surface area is 127 Å². The molecule has 2 aromatic heterocycles. The summed E-state index contributed by atoms with van der Waals surface area (Å²) in [6.07, 6.45) is 0. The van der Waals surface area contributed by atoms with Crippen molar-refractivity contribution in [1.29, 1.82) is 0 Å². The van der Waals surface area contributed by atoms with Crippen LogP contribution in [0.2, 0.25) is 0 Å². The van der Waals surface area contributed by atoms with Crippen LogP contribution in [0.3, 0.4) is 0 Å². The average molecular weight is 351 g/mol. The largest absolute Gasteiger partial charge is 0.296 e. The van der Waals surface area contributed by atoms with Crippen LogP contribution in [0.1, 0.15) is 16.2 Å². The molecule has 0 atom stereocenters. The zero-order chi connectivity index (χ0) is 14.3. The molecule has 3 rings (SSSR count). The minimum Gasteiger partial charge on any atom is -0.296 e. The van der Waals surface area contributed by atoms with Gasteiger partial charge in [-0.05, 0) is 31.2 Å². The highest BCUT2D eigenvalue weighted by Gasteiger charge is 2.13. The lowest BCUT2D eigenvalue weighted by atomic mass is 10.3. The van der Waals surface area contributed by atoms with Crippen molar-refractivity contribution >= 4 is 48.5 Å². The first-order chi connectivity index (χ1) is 9.52. The summed E-state index contributed by atoms with van der Waals surface area (Å²) in [5, 5.41) is 7.51. The number of amides is 1. The fourth-order valence-electron chi connectivity index (χ4n) is 1.78. The zero-order valence-corrected chi connectivity index (χ0v) is 13.2. The van der Waals surface area contributed by atoms with Gasteiger partial charge in [-0.1, -0.05) is 27.3 Å². The summed E-state index contributed by atoms with van der Waals surface area (Å²) in [6.45, 7) is 1.90. The van der Waals surface area contributed by atoms with E-state index >= 15 is 0 Å². The molecule has 2 heterocycles. The van der Waals surface area contributed by atoms with E-state index in [1.54, 1.807) is 17.8 Å². The molecule has 0 spiro atoms. The Hall–Kier alpha value is -1.73. The van der Waals surface area contributed by atoms with Crippen molar-refractivity contribution in [2.75, 3.05) is 5.32 Å². The lowest BCUT2D eigenvalue weighted by molar-refractivity contribution is 0.102. The molecular weight excluding hydrogens is 340 g/mol. The molecular formula is C13H11BrN4OS. The molecule has 0 saturated carbocycles. The SMILES string of the molecule is Cc1cc(C(=O)Nc2nc3ccc(Br)cc3s2)nn1C. The molecule has 7 heteroatoms. The van der Waals surface area contributed by atoms with Crippen LogP contribution in [-0.2, 0) is 7.05 Å². The number of halogens is 1. The van der Waals surface area contributed by atoms with Crippen LogP contribution in [0.4, 0.5) is 5.13 Å². The molecule has 102 valence electrons. The Morgan fingerprint density at radius 2 is 2.20 bits per heavy atom. The molecule has 5 nitrogen and oxygen atoms in total. The Morgan fingerprint density at radius 1 is 1.40 bits per heavy atom. The second-order valence-corrected chi connectivity index (χ2v) is 6.33. The van der Waals surface area contributed by atoms with E-state index < -0.39 is 0 Å². The van der Waals surface area contributed by atoms with Gasteiger partial charge in [-0.2, -0.15) is 5.10 Å². The molecule has 0 fully saturated rings. The lowest BCUT2D eigenvalue weighted by Gasteiger charge is -1.96. The van der Waals surface area contributed by atoms with Gasteiger partial charge in [0.15, 0.2) is 10.8 Å². The second kappa shape index (κ2) is 4.99. The summed E-state index contributed by atoms with van der Waals surface area (Å²) in [7, 11) is 1.81. The zero-order valence-electron chi connectivity index (χ0n) is 10.8. The van der Waals surface area contributed by atoms with E-state index in [4.69, 9.17) is 0 Å². The number of carbonyl (C=O) groups is 1. The van der Waals surface area contributed by atoms with E-state index in [-0.39, 0.29) is 5.91 Å². The third kappa shape index (κ3) is 2.46. The average Bonchev–Trinajstić information content (AvgIpc) is 2.93. The van der Waals surface area contributed by atoms with Crippen LogP contribution >= 0.6 is 27.3 Å². The summed E-state index contributed by atoms with van der Waals surface area (Å²) < 4.78 is 3.68. The van der Waals surface area contributed by atoms with Crippen molar-refractivity contribution in [3.63, 3.8) is 0 Å². The summed E-state index contributed by atoms with van der Waals surface area (Å²) in [5.41, 5.74) is 2.19. The fourth-order valence-corrected chi connectivity index (χ4v) is 3.20. The number of rotatable bonds is 2. The Bertz CT molecular complexity index is 788. The van der Waals surface area contributed by atoms with E-state index in [0.717, 1.165) is 20.4 Å². The first-order valence-electron chi connectivity index (χ1n) is 5.91. The standard InChI is InChI=1S/C13H11BrN4OS/c1-7-5-10(17-18(7)2)12(19)16-13-15-9-4-3-8(14)6-11(9)20-13/h3-6H,1-2H3,(H,15,16,19). The molecule has 3 aromatic rings. The number of hydrogen-bond donors (Lipinski definition) is 1. The van der Waals surface area contributed by atoms with Crippen LogP contribution in [-0.4, -0.2) is 20.7 Å². The predicted molar refractivity (Wildman–Crippen MR) is 83.2 cm³/mol. The van der Waals surface area contributed by atoms with E-state index in [1.165, 1.54) is 11.3 Å².